The van der Waals surface area contributed by atoms with Crippen LogP contribution in [0.4, 0.5) is 34.1 Å². The van der Waals surface area contributed by atoms with Gasteiger partial charge in [-0.1, -0.05) is 0 Å². The summed E-state index contributed by atoms with van der Waals surface area (Å²) in [5.74, 6) is 5.78. The first-order chi connectivity index (χ1) is 15.5. The zero-order valence-corrected chi connectivity index (χ0v) is 18.5. The molecule has 0 aromatic heterocycles. The second-order valence-electron chi connectivity index (χ2n) is 6.82. The Balaban J connectivity index is 1.68. The average molecular weight is 492 g/mol. The van der Waals surface area contributed by atoms with E-state index < -0.39 is 25.1 Å². The number of anilines is 4. The average Bonchev–Trinajstić information content (AvgIpc) is 3.49. The minimum absolute atomic E-state index is 0.120. The zero-order chi connectivity index (χ0) is 24.0. The predicted molar refractivity (Wildman–Crippen MR) is 119 cm³/mol. The van der Waals surface area contributed by atoms with Crippen LogP contribution in [0.1, 0.15) is 0 Å². The van der Waals surface area contributed by atoms with Crippen molar-refractivity contribution in [2.45, 2.75) is 9.79 Å². The molecule has 0 amide bonds. The summed E-state index contributed by atoms with van der Waals surface area (Å²) in [6, 6.07) is 12.7. The molecule has 12 nitrogen and oxygen atoms in total. The molecule has 4 rings (SSSR count). The predicted octanol–water partition coefficient (Wildman–Crippen LogP) is 3.67. The second kappa shape index (κ2) is 8.09. The van der Waals surface area contributed by atoms with Crippen molar-refractivity contribution < 1.29 is 30.7 Å². The summed E-state index contributed by atoms with van der Waals surface area (Å²) in [4.78, 5) is 0.757. The Morgan fingerprint density at radius 1 is 0.909 bits per heavy atom. The molecule has 1 aliphatic heterocycles. The van der Waals surface area contributed by atoms with Crippen molar-refractivity contribution in [1.29, 1.82) is 0 Å². The van der Waals surface area contributed by atoms with Crippen molar-refractivity contribution >= 4 is 54.4 Å². The number of hydrazine groups is 1. The molecule has 3 aromatic rings. The second-order valence-corrected chi connectivity index (χ2v) is 9.63. The van der Waals surface area contributed by atoms with Crippen LogP contribution in [0.15, 0.2) is 74.6 Å². The molecular formula is C19H17N5O7S2. The number of hydrogen-bond acceptors (Lipinski definition) is 10. The van der Waals surface area contributed by atoms with Crippen molar-refractivity contribution in [2.75, 3.05) is 17.4 Å². The normalized spacial score (nSPS) is 13.2. The van der Waals surface area contributed by atoms with Gasteiger partial charge in [0.25, 0.3) is 20.2 Å². The molecule has 0 bridgehead atoms. The van der Waals surface area contributed by atoms with Gasteiger partial charge in [0.05, 0.1) is 34.8 Å². The number of nitrogens with zero attached hydrogens (tertiary/aromatic N) is 3. The summed E-state index contributed by atoms with van der Waals surface area (Å²) in [5, 5.41) is 7.93. The molecule has 0 aliphatic carbocycles. The van der Waals surface area contributed by atoms with Crippen LogP contribution < -0.4 is 20.9 Å². The summed E-state index contributed by atoms with van der Waals surface area (Å²) in [6.45, 7) is 0. The lowest BCUT2D eigenvalue weighted by atomic mass is 10.2. The molecule has 3 aromatic carbocycles. The van der Waals surface area contributed by atoms with E-state index in [-0.39, 0.29) is 10.6 Å². The molecule has 0 saturated heterocycles. The van der Waals surface area contributed by atoms with Crippen LogP contribution in [-0.4, -0.2) is 33.1 Å². The largest absolute Gasteiger partial charge is 0.494 e. The van der Waals surface area contributed by atoms with Crippen molar-refractivity contribution in [3.8, 4) is 5.75 Å². The molecule has 0 spiro atoms. The standard InChI is InChI=1S/C19H17N5O7S2/c1-31-18-8-11(2-5-14(18)21-20)22-23-15-6-3-12(9-19(15)33(28,29)30)24-16-7-4-13(10-17(16)24)32(25,26)27/h2-10,21H,20H2,1H3,(H,25,26,27)(H,28,29,30)/b23-22-. The number of azo groups is 1. The molecule has 1 heterocycles. The molecule has 33 heavy (non-hydrogen) atoms. The van der Waals surface area contributed by atoms with Crippen LogP contribution in [0, 0.1) is 0 Å². The maximum atomic E-state index is 12.0. The van der Waals surface area contributed by atoms with Crippen LogP contribution in [0.3, 0.4) is 0 Å². The van der Waals surface area contributed by atoms with Gasteiger partial charge in [-0.05, 0) is 48.5 Å². The number of methoxy groups -OCH3 is 1. The van der Waals surface area contributed by atoms with Gasteiger partial charge < -0.3 is 15.1 Å². The van der Waals surface area contributed by atoms with Gasteiger partial charge in [-0.25, -0.2) is 0 Å². The SMILES string of the molecule is COc1cc(/N=N\c2ccc(N3c4ccc(S(=O)(=O)O)cc43)cc2S(=O)(=O)O)ccc1NN. The monoisotopic (exact) mass is 491 g/mol. The van der Waals surface area contributed by atoms with Gasteiger partial charge in [-0.15, -0.1) is 5.11 Å². The molecule has 0 atom stereocenters. The highest BCUT2D eigenvalue weighted by Gasteiger charge is 2.33. The van der Waals surface area contributed by atoms with E-state index in [0.717, 1.165) is 0 Å². The van der Waals surface area contributed by atoms with Crippen molar-refractivity contribution in [1.82, 2.24) is 0 Å². The first-order valence-electron chi connectivity index (χ1n) is 9.12. The number of nitrogen functional groups attached to an aromatic ring is 1. The molecular weight excluding hydrogens is 474 g/mol. The summed E-state index contributed by atoms with van der Waals surface area (Å²) in [7, 11) is -7.62. The van der Waals surface area contributed by atoms with E-state index in [4.69, 9.17) is 10.6 Å². The van der Waals surface area contributed by atoms with Crippen LogP contribution in [-0.2, 0) is 20.2 Å². The molecule has 172 valence electrons. The first-order valence-corrected chi connectivity index (χ1v) is 12.0. The van der Waals surface area contributed by atoms with E-state index in [1.54, 1.807) is 17.0 Å². The fraction of sp³-hybridized carbons (Fsp3) is 0.0526. The van der Waals surface area contributed by atoms with E-state index >= 15 is 0 Å². The van der Waals surface area contributed by atoms with Gasteiger partial charge >= 0.3 is 0 Å². The van der Waals surface area contributed by atoms with Gasteiger partial charge in [-0.2, -0.15) is 21.9 Å². The number of ether oxygens (including phenoxy) is 1. The van der Waals surface area contributed by atoms with Crippen LogP contribution in [0.5, 0.6) is 5.75 Å². The topological polar surface area (TPSA) is 184 Å². The highest BCUT2D eigenvalue weighted by molar-refractivity contribution is 7.86. The molecule has 0 unspecified atom stereocenters. The first kappa shape index (κ1) is 22.6. The molecule has 1 aliphatic rings. The number of fused-ring (bicyclic) bond motifs is 1. The Hall–Kier alpha value is -3.56. The number of nitrogens with two attached hydrogens (primary N) is 1. The highest BCUT2D eigenvalue weighted by atomic mass is 32.2. The summed E-state index contributed by atoms with van der Waals surface area (Å²) < 4.78 is 70.7. The lowest BCUT2D eigenvalue weighted by Gasteiger charge is -2.08. The quantitative estimate of drug-likeness (QED) is 0.0977. The lowest BCUT2D eigenvalue weighted by Crippen LogP contribution is -2.07. The molecule has 14 heteroatoms. The fourth-order valence-corrected chi connectivity index (χ4v) is 4.32. The molecule has 0 radical (unpaired) electrons. The third-order valence-corrected chi connectivity index (χ3v) is 6.50. The van der Waals surface area contributed by atoms with Gasteiger partial charge in [0.1, 0.15) is 16.3 Å². The van der Waals surface area contributed by atoms with Crippen LogP contribution in [0.25, 0.3) is 0 Å². The van der Waals surface area contributed by atoms with Gasteiger partial charge in [-0.3, -0.25) is 14.9 Å². The Kier molecular flexibility index (Phi) is 5.55. The molecule has 5 N–H and O–H groups in total. The Morgan fingerprint density at radius 2 is 1.67 bits per heavy atom. The summed E-state index contributed by atoms with van der Waals surface area (Å²) in [5.41, 5.74) is 4.59. The van der Waals surface area contributed by atoms with Crippen LogP contribution >= 0.6 is 0 Å². The minimum Gasteiger partial charge on any atom is -0.494 e. The third kappa shape index (κ3) is 4.50. The third-order valence-electron chi connectivity index (χ3n) is 4.77. The van der Waals surface area contributed by atoms with Gasteiger partial charge in [0, 0.05) is 11.8 Å². The minimum atomic E-state index is -4.68. The number of benzene rings is 3. The zero-order valence-electron chi connectivity index (χ0n) is 16.9. The highest BCUT2D eigenvalue weighted by Crippen LogP contribution is 2.54. The van der Waals surface area contributed by atoms with E-state index in [2.05, 4.69) is 15.7 Å². The molecule has 0 saturated carbocycles. The summed E-state index contributed by atoms with van der Waals surface area (Å²) >= 11 is 0. The Labute approximate surface area is 188 Å². The number of hydrogen-bond donors (Lipinski definition) is 4. The van der Waals surface area contributed by atoms with E-state index in [0.29, 0.717) is 34.2 Å². The maximum Gasteiger partial charge on any atom is 0.296 e. The number of nitrogens with one attached hydrogen (secondary N) is 1. The van der Waals surface area contributed by atoms with Gasteiger partial charge in [0.15, 0.2) is 0 Å². The Bertz CT molecular complexity index is 1500. The van der Waals surface area contributed by atoms with Crippen molar-refractivity contribution in [2.24, 2.45) is 16.1 Å². The Morgan fingerprint density at radius 3 is 2.30 bits per heavy atom. The fourth-order valence-electron chi connectivity index (χ4n) is 3.18. The molecule has 0 fully saturated rings. The van der Waals surface area contributed by atoms with Crippen LogP contribution in [0.2, 0.25) is 0 Å². The van der Waals surface area contributed by atoms with Crippen molar-refractivity contribution in [3.63, 3.8) is 0 Å². The summed E-state index contributed by atoms with van der Waals surface area (Å²) in [6.07, 6.45) is 0. The van der Waals surface area contributed by atoms with E-state index in [1.807, 2.05) is 0 Å². The maximum absolute atomic E-state index is 12.0. The van der Waals surface area contributed by atoms with Gasteiger partial charge in [0.2, 0.25) is 0 Å². The van der Waals surface area contributed by atoms with E-state index in [1.165, 1.54) is 49.6 Å². The lowest BCUT2D eigenvalue weighted by molar-refractivity contribution is 0.416. The number of rotatable bonds is 7. The van der Waals surface area contributed by atoms with E-state index in [9.17, 15) is 25.9 Å². The van der Waals surface area contributed by atoms with Crippen molar-refractivity contribution in [3.05, 3.63) is 54.6 Å². The smallest absolute Gasteiger partial charge is 0.296 e.